The van der Waals surface area contributed by atoms with Crippen LogP contribution in [-0.2, 0) is 0 Å². The van der Waals surface area contributed by atoms with Crippen molar-refractivity contribution in [2.75, 3.05) is 25.0 Å². The Hall–Kier alpha value is -0.730. The third-order valence-corrected chi connectivity index (χ3v) is 4.43. The summed E-state index contributed by atoms with van der Waals surface area (Å²) in [5, 5.41) is 4.12. The normalized spacial score (nSPS) is 18.8. The van der Waals surface area contributed by atoms with Gasteiger partial charge in [0, 0.05) is 29.8 Å². The van der Waals surface area contributed by atoms with E-state index in [0.29, 0.717) is 6.04 Å². The molecule has 1 unspecified atom stereocenters. The Morgan fingerprint density at radius 2 is 1.74 bits per heavy atom. The molecule has 1 aromatic carbocycles. The number of hydrogen-bond acceptors (Lipinski definition) is 2. The van der Waals surface area contributed by atoms with Crippen LogP contribution in [0.1, 0.15) is 50.6 Å². The lowest BCUT2D eigenvalue weighted by atomic mass is 10.1. The van der Waals surface area contributed by atoms with Gasteiger partial charge in [-0.2, -0.15) is 0 Å². The summed E-state index contributed by atoms with van der Waals surface area (Å²) in [7, 11) is 1.97. The van der Waals surface area contributed by atoms with E-state index in [9.17, 15) is 0 Å². The van der Waals surface area contributed by atoms with Crippen molar-refractivity contribution in [3.05, 3.63) is 28.8 Å². The second kappa shape index (κ2) is 7.16. The lowest BCUT2D eigenvalue weighted by Crippen LogP contribution is -2.27. The zero-order valence-corrected chi connectivity index (χ0v) is 12.8. The quantitative estimate of drug-likeness (QED) is 0.883. The number of hydrogen-bond donors (Lipinski definition) is 1. The van der Waals surface area contributed by atoms with E-state index < -0.39 is 0 Å². The monoisotopic (exact) mass is 280 g/mol. The first-order chi connectivity index (χ1) is 9.22. The Bertz CT molecular complexity index is 398. The van der Waals surface area contributed by atoms with Crippen LogP contribution < -0.4 is 10.2 Å². The van der Waals surface area contributed by atoms with Gasteiger partial charge in [0.1, 0.15) is 0 Å². The number of anilines is 1. The van der Waals surface area contributed by atoms with Crippen LogP contribution in [0, 0.1) is 0 Å². The summed E-state index contributed by atoms with van der Waals surface area (Å²) in [5.74, 6) is 0. The SMILES string of the molecule is CNC(C)c1ccc(N2CCCCCCC2)cc1Cl. The number of nitrogens with one attached hydrogen (secondary N) is 1. The van der Waals surface area contributed by atoms with Crippen LogP contribution in [0.15, 0.2) is 18.2 Å². The lowest BCUT2D eigenvalue weighted by Gasteiger charge is -2.27. The molecule has 2 nitrogen and oxygen atoms in total. The Labute approximate surface area is 122 Å². The first kappa shape index (κ1) is 14.7. The molecule has 0 spiro atoms. The second-order valence-electron chi connectivity index (χ2n) is 5.47. The molecule has 106 valence electrons. The predicted octanol–water partition coefficient (Wildman–Crippen LogP) is 4.39. The number of rotatable bonds is 3. The molecule has 1 fully saturated rings. The maximum absolute atomic E-state index is 6.43. The van der Waals surface area contributed by atoms with Gasteiger partial charge in [0.25, 0.3) is 0 Å². The van der Waals surface area contributed by atoms with Crippen molar-refractivity contribution in [2.45, 2.75) is 45.1 Å². The fourth-order valence-corrected chi connectivity index (χ4v) is 3.06. The Balaban J connectivity index is 2.13. The molecule has 0 saturated carbocycles. The molecule has 1 N–H and O–H groups in total. The molecular weight excluding hydrogens is 256 g/mol. The summed E-state index contributed by atoms with van der Waals surface area (Å²) >= 11 is 6.43. The smallest absolute Gasteiger partial charge is 0.0474 e. The van der Waals surface area contributed by atoms with Gasteiger partial charge in [-0.25, -0.2) is 0 Å². The van der Waals surface area contributed by atoms with E-state index in [1.807, 2.05) is 7.05 Å². The molecule has 0 amide bonds. The number of benzene rings is 1. The van der Waals surface area contributed by atoms with Crippen molar-refractivity contribution in [1.29, 1.82) is 0 Å². The molecule has 0 aliphatic carbocycles. The van der Waals surface area contributed by atoms with Crippen LogP contribution in [0.5, 0.6) is 0 Å². The van der Waals surface area contributed by atoms with E-state index in [4.69, 9.17) is 11.6 Å². The number of halogens is 1. The molecule has 1 aliphatic heterocycles. The minimum absolute atomic E-state index is 0.300. The minimum atomic E-state index is 0.300. The number of nitrogens with zero attached hydrogens (tertiary/aromatic N) is 1. The highest BCUT2D eigenvalue weighted by molar-refractivity contribution is 6.31. The van der Waals surface area contributed by atoms with Crippen LogP contribution in [0.4, 0.5) is 5.69 Å². The fraction of sp³-hybridized carbons (Fsp3) is 0.625. The van der Waals surface area contributed by atoms with Gasteiger partial charge >= 0.3 is 0 Å². The summed E-state index contributed by atoms with van der Waals surface area (Å²) in [5.41, 5.74) is 2.46. The maximum Gasteiger partial charge on any atom is 0.0474 e. The molecule has 1 heterocycles. The predicted molar refractivity (Wildman–Crippen MR) is 84.2 cm³/mol. The van der Waals surface area contributed by atoms with Crippen LogP contribution in [0.2, 0.25) is 5.02 Å². The summed E-state index contributed by atoms with van der Waals surface area (Å²) in [6.45, 7) is 4.46. The third kappa shape index (κ3) is 3.87. The summed E-state index contributed by atoms with van der Waals surface area (Å²) in [6, 6.07) is 6.81. The molecule has 2 rings (SSSR count). The van der Waals surface area contributed by atoms with Crippen LogP contribution in [0.25, 0.3) is 0 Å². The van der Waals surface area contributed by atoms with Crippen molar-refractivity contribution in [2.24, 2.45) is 0 Å². The lowest BCUT2D eigenvalue weighted by molar-refractivity contribution is 0.556. The molecular formula is C16H25ClN2. The molecule has 0 aromatic heterocycles. The summed E-state index contributed by atoms with van der Waals surface area (Å²) in [6.07, 6.45) is 6.71. The average molecular weight is 281 g/mol. The second-order valence-corrected chi connectivity index (χ2v) is 5.88. The van der Waals surface area contributed by atoms with Crippen LogP contribution in [0.3, 0.4) is 0 Å². The van der Waals surface area contributed by atoms with E-state index in [1.165, 1.54) is 43.4 Å². The average Bonchev–Trinajstić information content (AvgIpc) is 2.37. The van der Waals surface area contributed by atoms with Gasteiger partial charge in [0.05, 0.1) is 0 Å². The molecule has 1 aromatic rings. The molecule has 1 saturated heterocycles. The summed E-state index contributed by atoms with van der Waals surface area (Å²) in [4.78, 5) is 2.48. The van der Waals surface area contributed by atoms with Crippen molar-refractivity contribution < 1.29 is 0 Å². The van der Waals surface area contributed by atoms with Crippen LogP contribution in [-0.4, -0.2) is 20.1 Å². The van der Waals surface area contributed by atoms with Gasteiger partial charge in [-0.3, -0.25) is 0 Å². The van der Waals surface area contributed by atoms with E-state index >= 15 is 0 Å². The molecule has 1 aliphatic rings. The van der Waals surface area contributed by atoms with Gasteiger partial charge in [-0.15, -0.1) is 0 Å². The van der Waals surface area contributed by atoms with E-state index in [0.717, 1.165) is 18.1 Å². The Morgan fingerprint density at radius 1 is 1.11 bits per heavy atom. The van der Waals surface area contributed by atoms with Gasteiger partial charge in [-0.05, 0) is 44.5 Å². The van der Waals surface area contributed by atoms with E-state index in [-0.39, 0.29) is 0 Å². The molecule has 0 bridgehead atoms. The highest BCUT2D eigenvalue weighted by atomic mass is 35.5. The summed E-state index contributed by atoms with van der Waals surface area (Å²) < 4.78 is 0. The van der Waals surface area contributed by atoms with Gasteiger partial charge in [-0.1, -0.05) is 36.9 Å². The van der Waals surface area contributed by atoms with Gasteiger partial charge in [0.15, 0.2) is 0 Å². The highest BCUT2D eigenvalue weighted by Gasteiger charge is 2.12. The minimum Gasteiger partial charge on any atom is -0.371 e. The Morgan fingerprint density at radius 3 is 2.32 bits per heavy atom. The van der Waals surface area contributed by atoms with Gasteiger partial charge in [0.2, 0.25) is 0 Å². The maximum atomic E-state index is 6.43. The van der Waals surface area contributed by atoms with Gasteiger partial charge < -0.3 is 10.2 Å². The molecule has 19 heavy (non-hydrogen) atoms. The fourth-order valence-electron chi connectivity index (χ4n) is 2.73. The zero-order chi connectivity index (χ0) is 13.7. The standard InChI is InChI=1S/C16H25ClN2/c1-13(18-2)15-9-8-14(12-16(15)17)19-10-6-4-3-5-7-11-19/h8-9,12-13,18H,3-7,10-11H2,1-2H3. The van der Waals surface area contributed by atoms with Crippen molar-refractivity contribution >= 4 is 17.3 Å². The van der Waals surface area contributed by atoms with Crippen LogP contribution >= 0.6 is 11.6 Å². The Kier molecular flexibility index (Phi) is 5.53. The molecule has 1 atom stereocenters. The molecule has 3 heteroatoms. The van der Waals surface area contributed by atoms with E-state index in [2.05, 4.69) is 35.3 Å². The first-order valence-electron chi connectivity index (χ1n) is 7.44. The molecule has 0 radical (unpaired) electrons. The third-order valence-electron chi connectivity index (χ3n) is 4.10. The van der Waals surface area contributed by atoms with E-state index in [1.54, 1.807) is 0 Å². The van der Waals surface area contributed by atoms with Crippen molar-refractivity contribution in [3.8, 4) is 0 Å². The topological polar surface area (TPSA) is 15.3 Å². The zero-order valence-electron chi connectivity index (χ0n) is 12.1. The van der Waals surface area contributed by atoms with Crippen molar-refractivity contribution in [1.82, 2.24) is 5.32 Å². The largest absolute Gasteiger partial charge is 0.371 e. The van der Waals surface area contributed by atoms with Crippen molar-refractivity contribution in [3.63, 3.8) is 0 Å². The first-order valence-corrected chi connectivity index (χ1v) is 7.82. The highest BCUT2D eigenvalue weighted by Crippen LogP contribution is 2.28.